The molecule has 0 aromatic carbocycles. The lowest BCUT2D eigenvalue weighted by molar-refractivity contribution is -0.169. The topological polar surface area (TPSA) is 84.2 Å². The largest absolute Gasteiger partial charge is 0.493 e. The van der Waals surface area contributed by atoms with Gasteiger partial charge in [-0.3, -0.25) is 0 Å². The Morgan fingerprint density at radius 3 is 2.88 bits per heavy atom. The third-order valence-corrected chi connectivity index (χ3v) is 4.67. The van der Waals surface area contributed by atoms with Gasteiger partial charge in [0.25, 0.3) is 0 Å². The highest BCUT2D eigenvalue weighted by molar-refractivity contribution is 5.53. The van der Waals surface area contributed by atoms with Crippen LogP contribution in [0, 0.1) is 0 Å². The van der Waals surface area contributed by atoms with Crippen LogP contribution in [0.5, 0.6) is 5.75 Å². The molecule has 0 N–H and O–H groups in total. The first kappa shape index (κ1) is 16.4. The van der Waals surface area contributed by atoms with Crippen molar-refractivity contribution in [1.82, 2.24) is 25.0 Å². The normalized spacial score (nSPS) is 20.6. The first-order valence-electron chi connectivity index (χ1n) is 8.79. The smallest absolute Gasteiger partial charge is 0.182 e. The molecule has 8 heteroatoms. The van der Waals surface area contributed by atoms with Gasteiger partial charge in [-0.1, -0.05) is 5.21 Å². The van der Waals surface area contributed by atoms with E-state index in [0.717, 1.165) is 55.8 Å². The van der Waals surface area contributed by atoms with Crippen molar-refractivity contribution in [2.24, 2.45) is 7.05 Å². The minimum absolute atomic E-state index is 0.157. The molecular formula is C17H23N5O3. The molecule has 1 saturated heterocycles. The number of rotatable bonds is 6. The highest BCUT2D eigenvalue weighted by Gasteiger charge is 2.30. The van der Waals surface area contributed by atoms with E-state index in [1.54, 1.807) is 18.0 Å². The number of hydrogen-bond donors (Lipinski definition) is 0. The molecule has 1 aliphatic carbocycles. The van der Waals surface area contributed by atoms with Crippen molar-refractivity contribution in [1.29, 1.82) is 0 Å². The summed E-state index contributed by atoms with van der Waals surface area (Å²) in [4.78, 5) is 9.13. The molecule has 8 nitrogen and oxygen atoms in total. The monoisotopic (exact) mass is 345 g/mol. The van der Waals surface area contributed by atoms with Gasteiger partial charge in [0.15, 0.2) is 23.6 Å². The SMILES string of the molecule is COc1cnc(-c2nnn(C)c2COC2CCCCO2)nc1C1CC1. The van der Waals surface area contributed by atoms with Crippen LogP contribution in [0.2, 0.25) is 0 Å². The molecule has 1 saturated carbocycles. The summed E-state index contributed by atoms with van der Waals surface area (Å²) in [5.41, 5.74) is 2.46. The summed E-state index contributed by atoms with van der Waals surface area (Å²) in [6.45, 7) is 1.13. The van der Waals surface area contributed by atoms with Crippen molar-refractivity contribution < 1.29 is 14.2 Å². The van der Waals surface area contributed by atoms with Crippen LogP contribution in [0.3, 0.4) is 0 Å². The van der Waals surface area contributed by atoms with Gasteiger partial charge in [-0.25, -0.2) is 14.6 Å². The number of ether oxygens (including phenoxy) is 3. The van der Waals surface area contributed by atoms with Crippen LogP contribution in [0.25, 0.3) is 11.5 Å². The van der Waals surface area contributed by atoms with Crippen LogP contribution >= 0.6 is 0 Å². The van der Waals surface area contributed by atoms with Crippen molar-refractivity contribution in [2.45, 2.75) is 50.9 Å². The fourth-order valence-electron chi connectivity index (χ4n) is 3.03. The zero-order chi connectivity index (χ0) is 17.2. The van der Waals surface area contributed by atoms with Crippen molar-refractivity contribution >= 4 is 0 Å². The minimum Gasteiger partial charge on any atom is -0.493 e. The maximum absolute atomic E-state index is 5.90. The van der Waals surface area contributed by atoms with Crippen LogP contribution in [0.4, 0.5) is 0 Å². The number of aromatic nitrogens is 5. The van der Waals surface area contributed by atoms with E-state index in [2.05, 4.69) is 15.3 Å². The first-order valence-corrected chi connectivity index (χ1v) is 8.79. The molecule has 0 spiro atoms. The third kappa shape index (κ3) is 3.50. The fourth-order valence-corrected chi connectivity index (χ4v) is 3.03. The van der Waals surface area contributed by atoms with Crippen LogP contribution in [-0.2, 0) is 23.1 Å². The molecule has 0 radical (unpaired) electrons. The Morgan fingerprint density at radius 2 is 2.16 bits per heavy atom. The Labute approximate surface area is 146 Å². The van der Waals surface area contributed by atoms with Crippen LogP contribution < -0.4 is 4.74 Å². The Bertz CT molecular complexity index is 738. The molecule has 3 heterocycles. The maximum atomic E-state index is 5.90. The predicted octanol–water partition coefficient (Wildman–Crippen LogP) is 2.20. The predicted molar refractivity (Wildman–Crippen MR) is 88.9 cm³/mol. The first-order chi connectivity index (χ1) is 12.3. The number of aryl methyl sites for hydroxylation is 1. The second kappa shape index (κ2) is 7.05. The molecular weight excluding hydrogens is 322 g/mol. The van der Waals surface area contributed by atoms with Gasteiger partial charge in [0.1, 0.15) is 0 Å². The highest BCUT2D eigenvalue weighted by atomic mass is 16.7. The Morgan fingerprint density at radius 1 is 1.28 bits per heavy atom. The number of hydrogen-bond acceptors (Lipinski definition) is 7. The lowest BCUT2D eigenvalue weighted by Gasteiger charge is -2.22. The standard InChI is InChI=1S/C17H23N5O3/c1-22-12(10-25-14-5-3-4-8-24-14)16(20-21-22)17-18-9-13(23-2)15(19-17)11-6-7-11/h9,11,14H,3-8,10H2,1-2H3. The Balaban J connectivity index is 1.57. The third-order valence-electron chi connectivity index (χ3n) is 4.67. The zero-order valence-corrected chi connectivity index (χ0v) is 14.6. The minimum atomic E-state index is -0.157. The molecule has 2 aromatic rings. The van der Waals surface area contributed by atoms with Gasteiger partial charge in [-0.15, -0.1) is 5.10 Å². The summed E-state index contributed by atoms with van der Waals surface area (Å²) in [7, 11) is 3.50. The van der Waals surface area contributed by atoms with Gasteiger partial charge in [0, 0.05) is 19.6 Å². The Kier molecular flexibility index (Phi) is 4.63. The van der Waals surface area contributed by atoms with Gasteiger partial charge in [-0.2, -0.15) is 0 Å². The van der Waals surface area contributed by atoms with E-state index in [0.29, 0.717) is 24.0 Å². The molecule has 134 valence electrons. The van der Waals surface area contributed by atoms with Gasteiger partial charge >= 0.3 is 0 Å². The Hall–Kier alpha value is -2.06. The lowest BCUT2D eigenvalue weighted by atomic mass is 10.2. The number of nitrogens with zero attached hydrogens (tertiary/aromatic N) is 5. The summed E-state index contributed by atoms with van der Waals surface area (Å²) < 4.78 is 18.6. The van der Waals surface area contributed by atoms with Crippen LogP contribution in [-0.4, -0.2) is 45.0 Å². The van der Waals surface area contributed by atoms with Crippen LogP contribution in [0.1, 0.15) is 49.4 Å². The average Bonchev–Trinajstić information content (AvgIpc) is 3.44. The van der Waals surface area contributed by atoms with Gasteiger partial charge in [-0.05, 0) is 32.1 Å². The van der Waals surface area contributed by atoms with Crippen LogP contribution in [0.15, 0.2) is 6.20 Å². The molecule has 25 heavy (non-hydrogen) atoms. The molecule has 2 fully saturated rings. The second-order valence-corrected chi connectivity index (χ2v) is 6.54. The number of methoxy groups -OCH3 is 1. The molecule has 0 bridgehead atoms. The summed E-state index contributed by atoms with van der Waals surface area (Å²) in [5, 5.41) is 8.38. The molecule has 1 atom stereocenters. The lowest BCUT2D eigenvalue weighted by Crippen LogP contribution is -2.22. The van der Waals surface area contributed by atoms with E-state index in [-0.39, 0.29) is 6.29 Å². The highest BCUT2D eigenvalue weighted by Crippen LogP contribution is 2.43. The van der Waals surface area contributed by atoms with E-state index in [9.17, 15) is 0 Å². The summed E-state index contributed by atoms with van der Waals surface area (Å²) in [6.07, 6.45) is 7.00. The average molecular weight is 345 g/mol. The molecule has 1 aliphatic heterocycles. The van der Waals surface area contributed by atoms with Gasteiger partial charge < -0.3 is 14.2 Å². The molecule has 2 aromatic heterocycles. The molecule has 2 aliphatic rings. The van der Waals surface area contributed by atoms with Gasteiger partial charge in [0.2, 0.25) is 0 Å². The van der Waals surface area contributed by atoms with E-state index in [1.807, 2.05) is 7.05 Å². The summed E-state index contributed by atoms with van der Waals surface area (Å²) in [5.74, 6) is 1.77. The second-order valence-electron chi connectivity index (χ2n) is 6.54. The van der Waals surface area contributed by atoms with E-state index in [4.69, 9.17) is 19.2 Å². The van der Waals surface area contributed by atoms with E-state index in [1.165, 1.54) is 0 Å². The van der Waals surface area contributed by atoms with Crippen molar-refractivity contribution in [3.63, 3.8) is 0 Å². The van der Waals surface area contributed by atoms with Crippen molar-refractivity contribution in [3.8, 4) is 17.3 Å². The van der Waals surface area contributed by atoms with E-state index >= 15 is 0 Å². The van der Waals surface area contributed by atoms with E-state index < -0.39 is 0 Å². The molecule has 4 rings (SSSR count). The van der Waals surface area contributed by atoms with Gasteiger partial charge in [0.05, 0.1) is 31.3 Å². The zero-order valence-electron chi connectivity index (χ0n) is 14.6. The van der Waals surface area contributed by atoms with Crippen molar-refractivity contribution in [3.05, 3.63) is 17.6 Å². The molecule has 1 unspecified atom stereocenters. The maximum Gasteiger partial charge on any atom is 0.182 e. The van der Waals surface area contributed by atoms with Crippen molar-refractivity contribution in [2.75, 3.05) is 13.7 Å². The fraction of sp³-hybridized carbons (Fsp3) is 0.647. The quantitative estimate of drug-likeness (QED) is 0.793. The summed E-state index contributed by atoms with van der Waals surface area (Å²) >= 11 is 0. The molecule has 0 amide bonds. The summed E-state index contributed by atoms with van der Waals surface area (Å²) in [6, 6.07) is 0.